The van der Waals surface area contributed by atoms with Gasteiger partial charge in [-0.15, -0.1) is 10.2 Å². The molecule has 36 heavy (non-hydrogen) atoms. The average molecular weight is 522 g/mol. The van der Waals surface area contributed by atoms with Crippen molar-refractivity contribution in [2.75, 3.05) is 0 Å². The Bertz CT molecular complexity index is 1450. The molecule has 2 N–H and O–H groups in total. The molecule has 0 aliphatic heterocycles. The number of aromatic nitrogens is 4. The summed E-state index contributed by atoms with van der Waals surface area (Å²) in [4.78, 5) is 24.2. The van der Waals surface area contributed by atoms with Crippen LogP contribution in [0.3, 0.4) is 0 Å². The molecule has 10 heteroatoms. The lowest BCUT2D eigenvalue weighted by atomic mass is 9.49. The number of carboxylic acids is 1. The first-order chi connectivity index (χ1) is 17.4. The Balaban J connectivity index is 1.18. The molecular formula is C26H24ClN5O3S. The lowest BCUT2D eigenvalue weighted by molar-refractivity contribution is -0.142. The van der Waals surface area contributed by atoms with Crippen molar-refractivity contribution in [2.24, 2.45) is 11.3 Å². The highest BCUT2D eigenvalue weighted by Gasteiger charge is 2.53. The van der Waals surface area contributed by atoms with E-state index in [0.717, 1.165) is 46.6 Å². The van der Waals surface area contributed by atoms with Crippen molar-refractivity contribution in [3.8, 4) is 10.6 Å². The van der Waals surface area contributed by atoms with Crippen LogP contribution in [-0.2, 0) is 11.3 Å². The maximum absolute atomic E-state index is 13.3. The molecule has 1 amide bonds. The Morgan fingerprint density at radius 1 is 1.14 bits per heavy atom. The van der Waals surface area contributed by atoms with E-state index >= 15 is 0 Å². The van der Waals surface area contributed by atoms with Gasteiger partial charge in [-0.25, -0.2) is 0 Å². The number of nitrogens with one attached hydrogen (secondary N) is 1. The summed E-state index contributed by atoms with van der Waals surface area (Å²) < 4.78 is 1.78. The van der Waals surface area contributed by atoms with E-state index in [9.17, 15) is 9.59 Å². The maximum Gasteiger partial charge on any atom is 0.303 e. The van der Waals surface area contributed by atoms with Crippen LogP contribution in [0.5, 0.6) is 0 Å². The van der Waals surface area contributed by atoms with E-state index in [0.29, 0.717) is 22.6 Å². The fourth-order valence-corrected chi connectivity index (χ4v) is 6.93. The lowest BCUT2D eigenvalue weighted by Crippen LogP contribution is -2.56. The Morgan fingerprint density at radius 2 is 1.92 bits per heavy atom. The van der Waals surface area contributed by atoms with Gasteiger partial charge >= 0.3 is 5.97 Å². The van der Waals surface area contributed by atoms with Crippen LogP contribution in [0.1, 0.15) is 47.5 Å². The normalized spacial score (nSPS) is 22.8. The highest BCUT2D eigenvalue weighted by Crippen LogP contribution is 2.59. The smallest absolute Gasteiger partial charge is 0.303 e. The fourth-order valence-electron chi connectivity index (χ4n) is 5.87. The minimum absolute atomic E-state index is 0.0882. The zero-order valence-electron chi connectivity index (χ0n) is 19.4. The van der Waals surface area contributed by atoms with Crippen LogP contribution in [0.25, 0.3) is 21.5 Å². The molecule has 184 valence electrons. The summed E-state index contributed by atoms with van der Waals surface area (Å²) in [7, 11) is 0. The van der Waals surface area contributed by atoms with Crippen LogP contribution in [0.4, 0.5) is 0 Å². The second kappa shape index (κ2) is 8.97. The molecule has 4 aromatic rings. The Morgan fingerprint density at radius 3 is 2.67 bits per heavy atom. The summed E-state index contributed by atoms with van der Waals surface area (Å²) in [5.74, 6) is -0.637. The van der Waals surface area contributed by atoms with Crippen LogP contribution in [0.2, 0.25) is 5.02 Å². The Hall–Kier alpha value is -3.30. The van der Waals surface area contributed by atoms with Gasteiger partial charge in [-0.3, -0.25) is 14.3 Å². The number of rotatable bonds is 7. The maximum atomic E-state index is 13.3. The van der Waals surface area contributed by atoms with Gasteiger partial charge in [-0.05, 0) is 49.1 Å². The largest absolute Gasteiger partial charge is 0.481 e. The molecule has 2 aromatic heterocycles. The predicted molar refractivity (Wildman–Crippen MR) is 137 cm³/mol. The molecule has 2 heterocycles. The number of carbonyl (C=O) groups is 2. The standard InChI is InChI=1S/C26H24ClN5O3S/c27-18-7-17-13-28-32(14-21-30-31-25(36-21)16-4-2-1-3-5-16)23(17)20(8-18)24(35)29-19-11-26(12-19)9-15(10-26)6-22(33)34/h1-5,7-8,13,15,19H,6,9-12,14H2,(H,29,35)(H,33,34). The molecule has 0 saturated heterocycles. The topological polar surface area (TPSA) is 110 Å². The molecule has 2 fully saturated rings. The number of hydrogen-bond acceptors (Lipinski definition) is 6. The van der Waals surface area contributed by atoms with Gasteiger partial charge in [0.2, 0.25) is 0 Å². The van der Waals surface area contributed by atoms with Crippen LogP contribution in [-0.4, -0.2) is 43.0 Å². The second-order valence-electron chi connectivity index (χ2n) is 10.0. The molecular weight excluding hydrogens is 498 g/mol. The summed E-state index contributed by atoms with van der Waals surface area (Å²) in [5, 5.41) is 28.2. The number of hydrogen-bond donors (Lipinski definition) is 2. The van der Waals surface area contributed by atoms with Crippen LogP contribution in [0.15, 0.2) is 48.7 Å². The van der Waals surface area contributed by atoms with Crippen molar-refractivity contribution in [3.63, 3.8) is 0 Å². The fraction of sp³-hybridized carbons (Fsp3) is 0.346. The Labute approximate surface area is 216 Å². The van der Waals surface area contributed by atoms with Crippen LogP contribution in [0, 0.1) is 11.3 Å². The van der Waals surface area contributed by atoms with Crippen molar-refractivity contribution < 1.29 is 14.7 Å². The minimum atomic E-state index is -0.731. The van der Waals surface area contributed by atoms with E-state index in [4.69, 9.17) is 16.7 Å². The molecule has 6 rings (SSSR count). The van der Waals surface area contributed by atoms with E-state index in [1.54, 1.807) is 16.9 Å². The number of fused-ring (bicyclic) bond motifs is 1. The first kappa shape index (κ1) is 23.1. The van der Waals surface area contributed by atoms with Gasteiger partial charge in [-0.2, -0.15) is 5.10 Å². The number of amides is 1. The van der Waals surface area contributed by atoms with Crippen molar-refractivity contribution in [2.45, 2.75) is 44.7 Å². The highest BCUT2D eigenvalue weighted by molar-refractivity contribution is 7.14. The van der Waals surface area contributed by atoms with Gasteiger partial charge < -0.3 is 10.4 Å². The average Bonchev–Trinajstić information content (AvgIpc) is 3.43. The number of carbonyl (C=O) groups excluding carboxylic acids is 1. The van der Waals surface area contributed by atoms with Gasteiger partial charge in [0.1, 0.15) is 10.0 Å². The lowest BCUT2D eigenvalue weighted by Gasteiger charge is -2.57. The number of nitrogens with zero attached hydrogens (tertiary/aromatic N) is 4. The quantitative estimate of drug-likeness (QED) is 0.353. The third-order valence-corrected chi connectivity index (χ3v) is 8.49. The predicted octanol–water partition coefficient (Wildman–Crippen LogP) is 5.02. The molecule has 2 aliphatic rings. The first-order valence-corrected chi connectivity index (χ1v) is 13.1. The van der Waals surface area contributed by atoms with Gasteiger partial charge in [0.05, 0.1) is 23.8 Å². The third kappa shape index (κ3) is 4.37. The van der Waals surface area contributed by atoms with E-state index in [2.05, 4.69) is 20.6 Å². The molecule has 2 aliphatic carbocycles. The molecule has 0 radical (unpaired) electrons. The molecule has 0 unspecified atom stereocenters. The molecule has 2 saturated carbocycles. The second-order valence-corrected chi connectivity index (χ2v) is 11.5. The summed E-state index contributed by atoms with van der Waals surface area (Å²) in [6, 6.07) is 13.5. The number of carboxylic acid groups (broad SMARTS) is 1. The monoisotopic (exact) mass is 521 g/mol. The zero-order valence-corrected chi connectivity index (χ0v) is 20.9. The van der Waals surface area contributed by atoms with Crippen molar-refractivity contribution in [1.29, 1.82) is 0 Å². The third-order valence-electron chi connectivity index (χ3n) is 7.32. The number of halogens is 1. The van der Waals surface area contributed by atoms with E-state index in [1.165, 1.54) is 11.3 Å². The van der Waals surface area contributed by atoms with E-state index < -0.39 is 5.97 Å². The zero-order chi connectivity index (χ0) is 24.9. The van der Waals surface area contributed by atoms with Gasteiger partial charge in [0.15, 0.2) is 0 Å². The SMILES string of the molecule is O=C(O)CC1CC2(C1)CC(NC(=O)c1cc(Cl)cc3cnn(Cc4nnc(-c5ccccc5)s4)c13)C2. The van der Waals surface area contributed by atoms with E-state index in [-0.39, 0.29) is 29.7 Å². The summed E-state index contributed by atoms with van der Waals surface area (Å²) >= 11 is 7.84. The molecule has 0 atom stereocenters. The number of benzene rings is 2. The van der Waals surface area contributed by atoms with Crippen LogP contribution >= 0.6 is 22.9 Å². The summed E-state index contributed by atoms with van der Waals surface area (Å²) in [6.07, 6.45) is 5.62. The van der Waals surface area contributed by atoms with E-state index in [1.807, 2.05) is 36.4 Å². The minimum Gasteiger partial charge on any atom is -0.481 e. The first-order valence-electron chi connectivity index (χ1n) is 11.9. The highest BCUT2D eigenvalue weighted by atomic mass is 35.5. The van der Waals surface area contributed by atoms with Gasteiger partial charge in [-0.1, -0.05) is 53.3 Å². The number of aliphatic carboxylic acids is 1. The summed E-state index contributed by atoms with van der Waals surface area (Å²) in [6.45, 7) is 0.396. The van der Waals surface area contributed by atoms with Gasteiger partial charge in [0.25, 0.3) is 5.91 Å². The molecule has 2 aromatic carbocycles. The van der Waals surface area contributed by atoms with Gasteiger partial charge in [0, 0.05) is 28.4 Å². The van der Waals surface area contributed by atoms with Crippen molar-refractivity contribution >= 4 is 45.7 Å². The molecule has 0 bridgehead atoms. The Kier molecular flexibility index (Phi) is 5.76. The van der Waals surface area contributed by atoms with Crippen LogP contribution < -0.4 is 5.32 Å². The summed E-state index contributed by atoms with van der Waals surface area (Å²) in [5.41, 5.74) is 2.42. The van der Waals surface area contributed by atoms with Crippen molar-refractivity contribution in [1.82, 2.24) is 25.3 Å². The van der Waals surface area contributed by atoms with Crippen molar-refractivity contribution in [3.05, 3.63) is 64.3 Å². The molecule has 8 nitrogen and oxygen atoms in total. The molecule has 1 spiro atoms.